The molecule has 21 heavy (non-hydrogen) atoms. The lowest BCUT2D eigenvalue weighted by atomic mass is 9.83. The van der Waals surface area contributed by atoms with Crippen LogP contribution < -0.4 is 11.2 Å². The first-order valence-electron chi connectivity index (χ1n) is 6.96. The van der Waals surface area contributed by atoms with Crippen molar-refractivity contribution < 1.29 is 0 Å². The van der Waals surface area contributed by atoms with Gasteiger partial charge in [0.1, 0.15) is 7.85 Å². The van der Waals surface area contributed by atoms with Gasteiger partial charge in [-0.15, -0.1) is 0 Å². The molecule has 0 heterocycles. The molecule has 0 atom stereocenters. The number of anilines is 1. The van der Waals surface area contributed by atoms with E-state index in [1.807, 2.05) is 0 Å². The highest BCUT2D eigenvalue weighted by Gasteiger charge is 2.12. The van der Waals surface area contributed by atoms with Crippen LogP contribution in [0.3, 0.4) is 0 Å². The molecule has 0 saturated carbocycles. The van der Waals surface area contributed by atoms with Crippen molar-refractivity contribution in [3.8, 4) is 0 Å². The Morgan fingerprint density at radius 3 is 1.86 bits per heavy atom. The number of fused-ring (bicyclic) bond motifs is 6. The first kappa shape index (κ1) is 13.0. The van der Waals surface area contributed by atoms with Gasteiger partial charge in [-0.05, 0) is 61.0 Å². The predicted octanol–water partition coefficient (Wildman–Crippen LogP) is 3.59. The fourth-order valence-corrected chi connectivity index (χ4v) is 3.96. The third kappa shape index (κ3) is 1.77. The topological polar surface area (TPSA) is 26.0 Å². The fraction of sp³-hybridized carbons (Fsp3) is 0. The van der Waals surface area contributed by atoms with Crippen LogP contribution in [0.2, 0.25) is 0 Å². The summed E-state index contributed by atoms with van der Waals surface area (Å²) in [4.78, 5) is 0. The van der Waals surface area contributed by atoms with Gasteiger partial charge in [0.05, 0.1) is 0 Å². The van der Waals surface area contributed by atoms with Gasteiger partial charge in [0, 0.05) is 9.26 Å². The van der Waals surface area contributed by atoms with Crippen molar-refractivity contribution >= 4 is 73.9 Å². The van der Waals surface area contributed by atoms with Crippen molar-refractivity contribution in [3.05, 3.63) is 58.2 Å². The Kier molecular flexibility index (Phi) is 2.86. The zero-order valence-corrected chi connectivity index (χ0v) is 13.8. The maximum atomic E-state index is 6.28. The summed E-state index contributed by atoms with van der Waals surface area (Å²) in [7, 11) is 2.13. The van der Waals surface area contributed by atoms with E-state index in [-0.39, 0.29) is 0 Å². The Morgan fingerprint density at radius 2 is 1.24 bits per heavy atom. The monoisotopic (exact) mass is 381 g/mol. The third-order valence-electron chi connectivity index (χ3n) is 4.28. The molecule has 0 radical (unpaired) electrons. The fourth-order valence-electron chi connectivity index (χ4n) is 3.24. The van der Waals surface area contributed by atoms with Gasteiger partial charge in [0.25, 0.3) is 0 Å². The van der Waals surface area contributed by atoms with Crippen LogP contribution in [-0.4, -0.2) is 7.85 Å². The molecule has 4 aromatic carbocycles. The number of hydrogen-bond acceptors (Lipinski definition) is 1. The van der Waals surface area contributed by atoms with Gasteiger partial charge in [-0.2, -0.15) is 0 Å². The minimum absolute atomic E-state index is 0.892. The highest BCUT2D eigenvalue weighted by Crippen LogP contribution is 2.35. The van der Waals surface area contributed by atoms with Gasteiger partial charge in [-0.1, -0.05) is 54.0 Å². The van der Waals surface area contributed by atoms with Gasteiger partial charge >= 0.3 is 0 Å². The summed E-state index contributed by atoms with van der Waals surface area (Å²) < 4.78 is 1.12. The number of nitrogen functional groups attached to an aromatic ring is 1. The van der Waals surface area contributed by atoms with E-state index in [0.717, 1.165) is 9.26 Å². The first-order chi connectivity index (χ1) is 10.2. The molecular formula is C18H13BIN. The molecule has 2 N–H and O–H groups in total. The second kappa shape index (κ2) is 4.63. The van der Waals surface area contributed by atoms with Crippen LogP contribution in [0, 0.1) is 3.57 Å². The Labute approximate surface area is 137 Å². The van der Waals surface area contributed by atoms with E-state index in [2.05, 4.69) is 85.0 Å². The van der Waals surface area contributed by atoms with E-state index in [1.165, 1.54) is 37.8 Å². The summed E-state index contributed by atoms with van der Waals surface area (Å²) in [6, 6.07) is 19.4. The van der Waals surface area contributed by atoms with Crippen LogP contribution in [-0.2, 0) is 0 Å². The summed E-state index contributed by atoms with van der Waals surface area (Å²) in [5, 5.41) is 7.76. The van der Waals surface area contributed by atoms with E-state index in [1.54, 1.807) is 0 Å². The molecule has 0 amide bonds. The lowest BCUT2D eigenvalue weighted by Gasteiger charge is -2.15. The van der Waals surface area contributed by atoms with Crippen molar-refractivity contribution in [2.45, 2.75) is 0 Å². The van der Waals surface area contributed by atoms with Crippen LogP contribution in [0.5, 0.6) is 0 Å². The zero-order chi connectivity index (χ0) is 14.6. The molecule has 0 aliphatic rings. The van der Waals surface area contributed by atoms with Crippen molar-refractivity contribution in [3.63, 3.8) is 0 Å². The average molecular weight is 381 g/mol. The molecule has 0 spiro atoms. The molecule has 0 aromatic heterocycles. The van der Waals surface area contributed by atoms with Gasteiger partial charge in [0.2, 0.25) is 0 Å². The second-order valence-electron chi connectivity index (χ2n) is 5.41. The molecule has 0 aliphatic carbocycles. The molecule has 0 fully saturated rings. The van der Waals surface area contributed by atoms with Gasteiger partial charge in [-0.3, -0.25) is 0 Å². The van der Waals surface area contributed by atoms with Crippen LogP contribution in [0.1, 0.15) is 0 Å². The van der Waals surface area contributed by atoms with Crippen molar-refractivity contribution in [1.29, 1.82) is 0 Å². The molecule has 100 valence electrons. The number of halogens is 1. The Balaban J connectivity index is 2.46. The zero-order valence-electron chi connectivity index (χ0n) is 11.7. The molecule has 0 bridgehead atoms. The largest absolute Gasteiger partial charge is 0.398 e. The van der Waals surface area contributed by atoms with E-state index in [4.69, 9.17) is 5.73 Å². The summed E-state index contributed by atoms with van der Waals surface area (Å²) in [6.45, 7) is 0. The highest BCUT2D eigenvalue weighted by molar-refractivity contribution is 14.1. The number of rotatable bonds is 0. The van der Waals surface area contributed by atoms with Crippen molar-refractivity contribution in [2.75, 3.05) is 5.73 Å². The van der Waals surface area contributed by atoms with E-state index in [0.29, 0.717) is 0 Å². The highest BCUT2D eigenvalue weighted by atomic mass is 127. The van der Waals surface area contributed by atoms with E-state index < -0.39 is 0 Å². The first-order valence-corrected chi connectivity index (χ1v) is 8.04. The number of benzene rings is 4. The van der Waals surface area contributed by atoms with Crippen LogP contribution >= 0.6 is 22.6 Å². The maximum Gasteiger partial charge on any atom is 0.142 e. The van der Waals surface area contributed by atoms with Crippen LogP contribution in [0.25, 0.3) is 32.3 Å². The Morgan fingerprint density at radius 1 is 0.762 bits per heavy atom. The quantitative estimate of drug-likeness (QED) is 0.214. The Bertz CT molecular complexity index is 1020. The molecule has 4 aromatic rings. The van der Waals surface area contributed by atoms with Gasteiger partial charge in [0.15, 0.2) is 0 Å². The lowest BCUT2D eigenvalue weighted by Crippen LogP contribution is -2.13. The normalized spacial score (nSPS) is 11.5. The number of nitrogens with two attached hydrogens (primary N) is 1. The van der Waals surface area contributed by atoms with Crippen LogP contribution in [0.4, 0.5) is 5.69 Å². The van der Waals surface area contributed by atoms with Gasteiger partial charge < -0.3 is 5.73 Å². The van der Waals surface area contributed by atoms with Crippen molar-refractivity contribution in [2.24, 2.45) is 0 Å². The summed E-state index contributed by atoms with van der Waals surface area (Å²) in [6.07, 6.45) is 0. The minimum atomic E-state index is 0.892. The molecule has 3 heteroatoms. The summed E-state index contributed by atoms with van der Waals surface area (Å²) in [5.74, 6) is 0. The Hall–Kier alpha value is -1.75. The van der Waals surface area contributed by atoms with E-state index >= 15 is 0 Å². The van der Waals surface area contributed by atoms with Gasteiger partial charge in [-0.25, -0.2) is 0 Å². The predicted molar refractivity (Wildman–Crippen MR) is 104 cm³/mol. The third-order valence-corrected chi connectivity index (χ3v) is 5.17. The van der Waals surface area contributed by atoms with Crippen LogP contribution in [0.15, 0.2) is 54.6 Å². The smallest absolute Gasteiger partial charge is 0.142 e. The summed E-state index contributed by atoms with van der Waals surface area (Å²) in [5.41, 5.74) is 8.35. The SMILES string of the molecule is Bc1c(N)c(I)cc2c3ccccc3c3ccccc3c12. The second-order valence-corrected chi connectivity index (χ2v) is 6.57. The molecule has 4 rings (SSSR count). The summed E-state index contributed by atoms with van der Waals surface area (Å²) >= 11 is 2.33. The molecule has 0 saturated heterocycles. The molecular weight excluding hydrogens is 368 g/mol. The molecule has 0 unspecified atom stereocenters. The lowest BCUT2D eigenvalue weighted by molar-refractivity contribution is 1.73. The van der Waals surface area contributed by atoms with Crippen molar-refractivity contribution in [1.82, 2.24) is 0 Å². The molecule has 1 nitrogen and oxygen atoms in total. The average Bonchev–Trinajstić information content (AvgIpc) is 2.52. The standard InChI is InChI=1S/C18H13BIN/c19-17-16-13-8-4-3-6-11(13)10-5-1-2-7-12(10)14(16)9-15(20)18(17)21/h1-9H,19,21H2. The van der Waals surface area contributed by atoms with E-state index in [9.17, 15) is 0 Å². The minimum Gasteiger partial charge on any atom is -0.398 e. The molecule has 0 aliphatic heterocycles. The maximum absolute atomic E-state index is 6.28. The number of hydrogen-bond donors (Lipinski definition) is 1.